The number of hydrogen-bond acceptors (Lipinski definition) is 16. The molecule has 1 heterocycles. The normalized spacial score (nSPS) is 16.4. The van der Waals surface area contributed by atoms with Gasteiger partial charge in [-0.25, -0.2) is 0 Å². The van der Waals surface area contributed by atoms with E-state index in [1.165, 1.54) is 0 Å². The van der Waals surface area contributed by atoms with Crippen molar-refractivity contribution >= 4 is 46.9 Å². The van der Waals surface area contributed by atoms with Crippen molar-refractivity contribution in [2.24, 2.45) is 0 Å². The molecule has 0 aromatic heterocycles. The molecule has 1 aromatic rings. The predicted octanol–water partition coefficient (Wildman–Crippen LogP) is -0.810. The van der Waals surface area contributed by atoms with Crippen LogP contribution in [0, 0.1) is 0 Å². The van der Waals surface area contributed by atoms with E-state index in [-0.39, 0.29) is 72.0 Å². The first-order valence-corrected chi connectivity index (χ1v) is 20.7. The lowest BCUT2D eigenvalue weighted by molar-refractivity contribution is -0.142. The topological polar surface area (TPSA) is 251 Å². The van der Waals surface area contributed by atoms with Crippen LogP contribution in [0.3, 0.4) is 0 Å². The fourth-order valence-corrected chi connectivity index (χ4v) is 6.33. The number of methoxy groups -OCH3 is 1. The van der Waals surface area contributed by atoms with Gasteiger partial charge in [-0.2, -0.15) is 0 Å². The number of nitrogens with zero attached hydrogens (tertiary/aromatic N) is 4. The van der Waals surface area contributed by atoms with E-state index in [2.05, 4.69) is 10.6 Å². The number of aliphatic carboxylic acids is 4. The van der Waals surface area contributed by atoms with Crippen molar-refractivity contribution in [3.63, 3.8) is 0 Å². The molecule has 0 aliphatic carbocycles. The van der Waals surface area contributed by atoms with E-state index in [4.69, 9.17) is 45.4 Å². The molecule has 2 rings (SSSR count). The molecule has 22 heteroatoms. The molecule has 1 aromatic carbocycles. The zero-order valence-electron chi connectivity index (χ0n) is 35.2. The third kappa shape index (κ3) is 28.6. The molecule has 348 valence electrons. The van der Waals surface area contributed by atoms with Crippen LogP contribution in [0.2, 0.25) is 0 Å². The SMILES string of the molecule is COCCOCCOCCOCCOCCOCCOCCNC(=S)Nc1ccc(CC2CN(CC(=O)O)CCN(CC(=O)O)CCN(CC(=O)O)CCN2CC(=O)O)cc1. The van der Waals surface area contributed by atoms with Crippen molar-refractivity contribution in [3.8, 4) is 0 Å². The van der Waals surface area contributed by atoms with Gasteiger partial charge < -0.3 is 64.2 Å². The monoisotopic (exact) mass is 890 g/mol. The Morgan fingerprint density at radius 2 is 0.967 bits per heavy atom. The second-order valence-corrected chi connectivity index (χ2v) is 14.3. The zero-order valence-corrected chi connectivity index (χ0v) is 36.1. The third-order valence-corrected chi connectivity index (χ3v) is 9.32. The minimum atomic E-state index is -1.08. The summed E-state index contributed by atoms with van der Waals surface area (Å²) in [6, 6.07) is 6.93. The molecule has 1 aliphatic heterocycles. The number of rotatable bonds is 32. The molecule has 0 amide bonds. The molecule has 1 fully saturated rings. The summed E-state index contributed by atoms with van der Waals surface area (Å²) >= 11 is 5.44. The van der Waals surface area contributed by atoms with Crippen molar-refractivity contribution in [2.75, 3.05) is 177 Å². The Bertz CT molecular complexity index is 1390. The number of hydrogen-bond donors (Lipinski definition) is 6. The lowest BCUT2D eigenvalue weighted by Crippen LogP contribution is -2.53. The first-order valence-electron chi connectivity index (χ1n) is 20.3. The van der Waals surface area contributed by atoms with Crippen LogP contribution in [0.15, 0.2) is 24.3 Å². The first kappa shape index (κ1) is 53.5. The summed E-state index contributed by atoms with van der Waals surface area (Å²) in [6.07, 6.45) is 0.359. The molecule has 0 spiro atoms. The van der Waals surface area contributed by atoms with Gasteiger partial charge in [0.2, 0.25) is 0 Å². The number of anilines is 1. The smallest absolute Gasteiger partial charge is 0.317 e. The summed E-state index contributed by atoms with van der Waals surface area (Å²) < 4.78 is 37.7. The van der Waals surface area contributed by atoms with Crippen LogP contribution in [0.4, 0.5) is 5.69 Å². The number of carbonyl (C=O) groups is 4. The van der Waals surface area contributed by atoms with Gasteiger partial charge in [0.1, 0.15) is 0 Å². The van der Waals surface area contributed by atoms with Crippen LogP contribution in [0.25, 0.3) is 0 Å². The standard InChI is InChI=1S/C39H66N6O15S/c1-54-14-15-56-18-19-58-22-23-60-25-24-59-21-20-57-17-16-55-13-6-40-39(61)41-33-4-2-32(3-5-33)26-34-27-44(30-37(50)51)10-9-42(28-35(46)47)7-8-43(29-36(48)49)11-12-45(34)31-38(52)53/h2-5,34H,6-31H2,1H3,(H,46,47)(H,48,49)(H,50,51)(H,52,53)(H2,40,41,61). The molecule has 1 unspecified atom stereocenters. The van der Waals surface area contributed by atoms with Gasteiger partial charge in [-0.1, -0.05) is 12.1 Å². The maximum absolute atomic E-state index is 12.0. The van der Waals surface area contributed by atoms with Crippen molar-refractivity contribution < 1.29 is 72.8 Å². The summed E-state index contributed by atoms with van der Waals surface area (Å²) in [6.45, 7) is 6.87. The fraction of sp³-hybridized carbons (Fsp3) is 0.718. The van der Waals surface area contributed by atoms with Gasteiger partial charge in [0, 0.05) is 71.2 Å². The molecule has 61 heavy (non-hydrogen) atoms. The summed E-state index contributed by atoms with van der Waals surface area (Å²) in [5.74, 6) is -4.26. The predicted molar refractivity (Wildman–Crippen MR) is 226 cm³/mol. The van der Waals surface area contributed by atoms with Crippen LogP contribution in [-0.4, -0.2) is 247 Å². The Balaban J connectivity index is 1.77. The Labute approximate surface area is 363 Å². The minimum absolute atomic E-state index is 0.178. The molecule has 0 bridgehead atoms. The molecule has 1 saturated heterocycles. The maximum atomic E-state index is 12.0. The van der Waals surface area contributed by atoms with Gasteiger partial charge in [0.15, 0.2) is 5.11 Å². The summed E-state index contributed by atoms with van der Waals surface area (Å²) in [4.78, 5) is 53.8. The van der Waals surface area contributed by atoms with Crippen LogP contribution in [0.5, 0.6) is 0 Å². The highest BCUT2D eigenvalue weighted by Gasteiger charge is 2.27. The summed E-state index contributed by atoms with van der Waals surface area (Å²) in [5.41, 5.74) is 1.57. The van der Waals surface area contributed by atoms with Gasteiger partial charge >= 0.3 is 23.9 Å². The van der Waals surface area contributed by atoms with E-state index >= 15 is 0 Å². The Morgan fingerprint density at radius 3 is 1.41 bits per heavy atom. The largest absolute Gasteiger partial charge is 0.480 e. The summed E-state index contributed by atoms with van der Waals surface area (Å²) in [5, 5.41) is 45.1. The van der Waals surface area contributed by atoms with Crippen molar-refractivity contribution in [1.82, 2.24) is 24.9 Å². The fourth-order valence-electron chi connectivity index (χ4n) is 6.11. The molecule has 6 N–H and O–H groups in total. The van der Waals surface area contributed by atoms with Gasteiger partial charge in [0.05, 0.1) is 112 Å². The highest BCUT2D eigenvalue weighted by Crippen LogP contribution is 2.16. The number of thiocarbonyl (C=S) groups is 1. The molecule has 1 atom stereocenters. The second kappa shape index (κ2) is 33.9. The minimum Gasteiger partial charge on any atom is -0.480 e. The lowest BCUT2D eigenvalue weighted by Gasteiger charge is -2.37. The molecular weight excluding hydrogens is 825 g/mol. The van der Waals surface area contributed by atoms with Gasteiger partial charge in [-0.15, -0.1) is 0 Å². The Hall–Kier alpha value is -3.65. The molecule has 0 radical (unpaired) electrons. The highest BCUT2D eigenvalue weighted by atomic mass is 32.1. The maximum Gasteiger partial charge on any atom is 0.317 e. The second-order valence-electron chi connectivity index (χ2n) is 13.9. The number of benzene rings is 1. The number of nitrogens with one attached hydrogen (secondary N) is 2. The van der Waals surface area contributed by atoms with E-state index in [0.29, 0.717) is 110 Å². The van der Waals surface area contributed by atoms with Crippen molar-refractivity contribution in [1.29, 1.82) is 0 Å². The Morgan fingerprint density at radius 1 is 0.574 bits per heavy atom. The van der Waals surface area contributed by atoms with E-state index in [1.807, 2.05) is 24.3 Å². The molecule has 0 saturated carbocycles. The third-order valence-electron chi connectivity index (χ3n) is 9.08. The van der Waals surface area contributed by atoms with Crippen LogP contribution in [0.1, 0.15) is 5.56 Å². The van der Waals surface area contributed by atoms with Crippen molar-refractivity contribution in [2.45, 2.75) is 12.5 Å². The lowest BCUT2D eigenvalue weighted by atomic mass is 10.0. The average molecular weight is 891 g/mol. The first-order chi connectivity index (χ1) is 29.4. The highest BCUT2D eigenvalue weighted by molar-refractivity contribution is 7.80. The number of carboxylic acids is 4. The van der Waals surface area contributed by atoms with Gasteiger partial charge in [-0.3, -0.25) is 38.8 Å². The van der Waals surface area contributed by atoms with Crippen molar-refractivity contribution in [3.05, 3.63) is 29.8 Å². The Kier molecular flexibility index (Phi) is 29.7. The summed E-state index contributed by atoms with van der Waals surface area (Å²) in [7, 11) is 1.63. The van der Waals surface area contributed by atoms with E-state index in [1.54, 1.807) is 26.7 Å². The van der Waals surface area contributed by atoms with Crippen LogP contribution < -0.4 is 10.6 Å². The molecule has 21 nitrogen and oxygen atoms in total. The zero-order chi connectivity index (χ0) is 44.5. The van der Waals surface area contributed by atoms with Gasteiger partial charge in [0.25, 0.3) is 0 Å². The quantitative estimate of drug-likeness (QED) is 0.0382. The van der Waals surface area contributed by atoms with Crippen LogP contribution in [-0.2, 0) is 58.8 Å². The molecular formula is C39H66N6O15S. The number of carboxylic acid groups (broad SMARTS) is 4. The average Bonchev–Trinajstić information content (AvgIpc) is 3.20. The van der Waals surface area contributed by atoms with Gasteiger partial charge in [-0.05, 0) is 36.3 Å². The molecule has 1 aliphatic rings. The van der Waals surface area contributed by atoms with E-state index < -0.39 is 29.9 Å². The van der Waals surface area contributed by atoms with E-state index in [0.717, 1.165) is 5.56 Å². The van der Waals surface area contributed by atoms with E-state index in [9.17, 15) is 39.6 Å². The van der Waals surface area contributed by atoms with Crippen LogP contribution >= 0.6 is 12.2 Å². The number of ether oxygens (including phenoxy) is 7.